The lowest BCUT2D eigenvalue weighted by Crippen LogP contribution is -2.44. The van der Waals surface area contributed by atoms with Gasteiger partial charge < -0.3 is 15.5 Å². The van der Waals surface area contributed by atoms with E-state index in [1.165, 1.54) is 0 Å². The first-order valence-corrected chi connectivity index (χ1v) is 6.99. The van der Waals surface area contributed by atoms with Crippen LogP contribution in [0, 0.1) is 0 Å². The van der Waals surface area contributed by atoms with E-state index >= 15 is 0 Å². The molecule has 20 heavy (non-hydrogen) atoms. The first kappa shape index (κ1) is 13.0. The zero-order valence-electron chi connectivity index (χ0n) is 11.8. The Labute approximate surface area is 118 Å². The number of urea groups is 1. The summed E-state index contributed by atoms with van der Waals surface area (Å²) in [6.07, 6.45) is 0.682. The summed E-state index contributed by atoms with van der Waals surface area (Å²) in [6.45, 7) is 4.93. The fourth-order valence-electron chi connectivity index (χ4n) is 3.10. The molecule has 1 atom stereocenters. The summed E-state index contributed by atoms with van der Waals surface area (Å²) in [4.78, 5) is 26.2. The van der Waals surface area contributed by atoms with Gasteiger partial charge in [0.1, 0.15) is 0 Å². The van der Waals surface area contributed by atoms with Crippen LogP contribution in [0.2, 0.25) is 0 Å². The number of carbonyl (C=O) groups excluding carboxylic acids is 2. The predicted octanol–water partition coefficient (Wildman–Crippen LogP) is 1.70. The lowest BCUT2D eigenvalue weighted by molar-refractivity contribution is -0.120. The number of fused-ring (bicyclic) bond motifs is 2. The molecule has 1 aromatic carbocycles. The zero-order chi connectivity index (χ0) is 14.3. The van der Waals surface area contributed by atoms with Crippen LogP contribution in [0.1, 0.15) is 25.8 Å². The molecule has 1 aromatic rings. The van der Waals surface area contributed by atoms with E-state index in [0.29, 0.717) is 19.5 Å². The summed E-state index contributed by atoms with van der Waals surface area (Å²) in [6, 6.07) is 7.77. The summed E-state index contributed by atoms with van der Waals surface area (Å²) in [5.74, 6) is 0.0125. The molecule has 2 heterocycles. The first-order chi connectivity index (χ1) is 9.53. The third-order valence-electron chi connectivity index (χ3n) is 4.09. The summed E-state index contributed by atoms with van der Waals surface area (Å²) >= 11 is 0. The van der Waals surface area contributed by atoms with Gasteiger partial charge in [-0.25, -0.2) is 4.79 Å². The summed E-state index contributed by atoms with van der Waals surface area (Å²) in [5, 5.41) is 5.82. The van der Waals surface area contributed by atoms with Crippen LogP contribution in [0.5, 0.6) is 0 Å². The molecule has 1 fully saturated rings. The number of nitrogens with zero attached hydrogens (tertiary/aromatic N) is 1. The first-order valence-electron chi connectivity index (χ1n) is 6.99. The highest BCUT2D eigenvalue weighted by molar-refractivity contribution is 6.07. The monoisotopic (exact) mass is 273 g/mol. The number of para-hydroxylation sites is 1. The number of amides is 3. The Morgan fingerprint density at radius 3 is 2.90 bits per heavy atom. The van der Waals surface area contributed by atoms with E-state index in [2.05, 4.69) is 10.6 Å². The molecule has 2 aliphatic heterocycles. The molecule has 5 heteroatoms. The van der Waals surface area contributed by atoms with E-state index in [9.17, 15) is 9.59 Å². The van der Waals surface area contributed by atoms with Crippen molar-refractivity contribution in [1.82, 2.24) is 10.2 Å². The topological polar surface area (TPSA) is 61.4 Å². The van der Waals surface area contributed by atoms with Gasteiger partial charge in [-0.2, -0.15) is 0 Å². The van der Waals surface area contributed by atoms with E-state index in [4.69, 9.17) is 0 Å². The molecule has 0 aliphatic carbocycles. The Hall–Kier alpha value is -2.04. The third kappa shape index (κ3) is 1.85. The van der Waals surface area contributed by atoms with Gasteiger partial charge >= 0.3 is 6.03 Å². The fraction of sp³-hybridized carbons (Fsp3) is 0.467. The second kappa shape index (κ2) is 4.51. The molecule has 1 spiro atoms. The molecule has 106 valence electrons. The molecule has 1 saturated heterocycles. The number of carbonyl (C=O) groups is 2. The van der Waals surface area contributed by atoms with Crippen LogP contribution < -0.4 is 10.6 Å². The SMILES string of the molecule is CC(C)NC(=O)N1CC[C@@]2(C1)C(=O)Nc1ccccc12. The number of hydrogen-bond acceptors (Lipinski definition) is 2. The quantitative estimate of drug-likeness (QED) is 0.818. The number of likely N-dealkylation sites (tertiary alicyclic amines) is 1. The average molecular weight is 273 g/mol. The van der Waals surface area contributed by atoms with Gasteiger partial charge in [-0.3, -0.25) is 4.79 Å². The Morgan fingerprint density at radius 2 is 2.15 bits per heavy atom. The minimum absolute atomic E-state index is 0.0125. The van der Waals surface area contributed by atoms with Gasteiger partial charge in [0, 0.05) is 24.8 Å². The number of hydrogen-bond donors (Lipinski definition) is 2. The van der Waals surface area contributed by atoms with Crippen molar-refractivity contribution in [2.75, 3.05) is 18.4 Å². The van der Waals surface area contributed by atoms with Crippen molar-refractivity contribution in [2.45, 2.75) is 31.7 Å². The summed E-state index contributed by atoms with van der Waals surface area (Å²) in [7, 11) is 0. The average Bonchev–Trinajstić information content (AvgIpc) is 2.95. The maximum atomic E-state index is 12.4. The normalized spacial score (nSPS) is 24.1. The van der Waals surface area contributed by atoms with Gasteiger partial charge in [-0.1, -0.05) is 18.2 Å². The van der Waals surface area contributed by atoms with Crippen molar-refractivity contribution in [3.8, 4) is 0 Å². The Morgan fingerprint density at radius 1 is 1.40 bits per heavy atom. The molecule has 0 bridgehead atoms. The van der Waals surface area contributed by atoms with Crippen molar-refractivity contribution in [2.24, 2.45) is 0 Å². The predicted molar refractivity (Wildman–Crippen MR) is 76.6 cm³/mol. The van der Waals surface area contributed by atoms with Gasteiger partial charge in [-0.05, 0) is 31.9 Å². The van der Waals surface area contributed by atoms with Gasteiger partial charge in [0.2, 0.25) is 5.91 Å². The minimum Gasteiger partial charge on any atom is -0.336 e. The Bertz CT molecular complexity index is 570. The van der Waals surface area contributed by atoms with Crippen molar-refractivity contribution in [1.29, 1.82) is 0 Å². The maximum Gasteiger partial charge on any atom is 0.317 e. The molecule has 0 aromatic heterocycles. The highest BCUT2D eigenvalue weighted by Gasteiger charge is 2.51. The standard InChI is InChI=1S/C15H19N3O2/c1-10(2)16-14(20)18-8-7-15(9-18)11-5-3-4-6-12(11)17-13(15)19/h3-6,10H,7-9H2,1-2H3,(H,16,20)(H,17,19)/t15-/m0/s1. The molecule has 3 amide bonds. The Kier molecular flexibility index (Phi) is 2.92. The number of nitrogens with one attached hydrogen (secondary N) is 2. The van der Waals surface area contributed by atoms with Crippen molar-refractivity contribution < 1.29 is 9.59 Å². The lowest BCUT2D eigenvalue weighted by atomic mass is 9.81. The second-order valence-electron chi connectivity index (χ2n) is 5.86. The lowest BCUT2D eigenvalue weighted by Gasteiger charge is -2.23. The number of anilines is 1. The van der Waals surface area contributed by atoms with Crippen molar-refractivity contribution in [3.63, 3.8) is 0 Å². The van der Waals surface area contributed by atoms with E-state index in [0.717, 1.165) is 11.3 Å². The van der Waals surface area contributed by atoms with Gasteiger partial charge in [0.05, 0.1) is 5.41 Å². The van der Waals surface area contributed by atoms with Crippen LogP contribution >= 0.6 is 0 Å². The van der Waals surface area contributed by atoms with Gasteiger partial charge in [0.25, 0.3) is 0 Å². The van der Waals surface area contributed by atoms with Crippen LogP contribution in [-0.4, -0.2) is 36.0 Å². The summed E-state index contributed by atoms with van der Waals surface area (Å²) < 4.78 is 0. The number of rotatable bonds is 1. The molecule has 2 aliphatic rings. The number of benzene rings is 1. The molecule has 2 N–H and O–H groups in total. The van der Waals surface area contributed by atoms with Crippen LogP contribution in [0.25, 0.3) is 0 Å². The highest BCUT2D eigenvalue weighted by Crippen LogP contribution is 2.43. The van der Waals surface area contributed by atoms with E-state index in [1.54, 1.807) is 4.90 Å². The van der Waals surface area contributed by atoms with Gasteiger partial charge in [0.15, 0.2) is 0 Å². The molecule has 0 unspecified atom stereocenters. The van der Waals surface area contributed by atoms with Crippen LogP contribution in [0.15, 0.2) is 24.3 Å². The Balaban J connectivity index is 1.86. The summed E-state index contributed by atoms with van der Waals surface area (Å²) in [5.41, 5.74) is 1.33. The van der Waals surface area contributed by atoms with Crippen molar-refractivity contribution in [3.05, 3.63) is 29.8 Å². The minimum atomic E-state index is -0.565. The molecular formula is C15H19N3O2. The smallest absolute Gasteiger partial charge is 0.317 e. The second-order valence-corrected chi connectivity index (χ2v) is 5.86. The zero-order valence-corrected chi connectivity index (χ0v) is 11.8. The highest BCUT2D eigenvalue weighted by atomic mass is 16.2. The molecule has 5 nitrogen and oxygen atoms in total. The molecule has 3 rings (SSSR count). The maximum absolute atomic E-state index is 12.4. The fourth-order valence-corrected chi connectivity index (χ4v) is 3.10. The molecular weight excluding hydrogens is 254 g/mol. The van der Waals surface area contributed by atoms with E-state index in [1.807, 2.05) is 38.1 Å². The van der Waals surface area contributed by atoms with Crippen LogP contribution in [0.3, 0.4) is 0 Å². The van der Waals surface area contributed by atoms with Crippen molar-refractivity contribution >= 4 is 17.6 Å². The molecule has 0 saturated carbocycles. The van der Waals surface area contributed by atoms with Crippen LogP contribution in [0.4, 0.5) is 10.5 Å². The van der Waals surface area contributed by atoms with E-state index in [-0.39, 0.29) is 18.0 Å². The largest absolute Gasteiger partial charge is 0.336 e. The third-order valence-corrected chi connectivity index (χ3v) is 4.09. The van der Waals surface area contributed by atoms with Crippen LogP contribution in [-0.2, 0) is 10.2 Å². The molecule has 0 radical (unpaired) electrons. The van der Waals surface area contributed by atoms with Gasteiger partial charge in [-0.15, -0.1) is 0 Å². The van der Waals surface area contributed by atoms with E-state index < -0.39 is 5.41 Å².